The van der Waals surface area contributed by atoms with Gasteiger partial charge < -0.3 is 0 Å². The Morgan fingerprint density at radius 3 is 2.50 bits per heavy atom. The molecule has 88 valence electrons. The molecule has 0 bridgehead atoms. The molecule has 0 radical (unpaired) electrons. The molecule has 0 saturated carbocycles. The molecule has 0 N–H and O–H groups in total. The van der Waals surface area contributed by atoms with Gasteiger partial charge in [-0.1, -0.05) is 19.1 Å². The highest BCUT2D eigenvalue weighted by Crippen LogP contribution is 2.18. The average Bonchev–Trinajstić information content (AvgIpc) is 2.30. The van der Waals surface area contributed by atoms with Crippen LogP contribution in [0.25, 0.3) is 0 Å². The van der Waals surface area contributed by atoms with Crippen molar-refractivity contribution in [1.29, 1.82) is 0 Å². The Labute approximate surface area is 107 Å². The van der Waals surface area contributed by atoms with E-state index in [-0.39, 0.29) is 5.78 Å². The van der Waals surface area contributed by atoms with Crippen LogP contribution in [0.1, 0.15) is 36.5 Å². The summed E-state index contributed by atoms with van der Waals surface area (Å²) in [5.74, 6) is 1.92. The minimum atomic E-state index is 0.221. The Morgan fingerprint density at radius 2 is 1.94 bits per heavy atom. The summed E-state index contributed by atoms with van der Waals surface area (Å²) in [7, 11) is 0. The van der Waals surface area contributed by atoms with Gasteiger partial charge in [0.25, 0.3) is 0 Å². The Bertz CT molecular complexity index is 321. The van der Waals surface area contributed by atoms with Gasteiger partial charge in [0.15, 0.2) is 5.78 Å². The molecule has 0 aliphatic heterocycles. The molecule has 0 amide bonds. The highest BCUT2D eigenvalue weighted by molar-refractivity contribution is 7.99. The lowest BCUT2D eigenvalue weighted by molar-refractivity contribution is 0.0980. The zero-order valence-electron chi connectivity index (χ0n) is 9.54. The zero-order valence-corrected chi connectivity index (χ0v) is 11.1. The predicted octanol–water partition coefficient (Wildman–Crippen LogP) is 4.39. The van der Waals surface area contributed by atoms with Gasteiger partial charge in [-0.3, -0.25) is 4.79 Å². The van der Waals surface area contributed by atoms with Gasteiger partial charge in [-0.15, -0.1) is 23.4 Å². The van der Waals surface area contributed by atoms with Crippen LogP contribution in [-0.4, -0.2) is 17.4 Å². The number of carbonyl (C=O) groups excluding carboxylic acids is 1. The second-order valence-electron chi connectivity index (χ2n) is 3.53. The Balaban J connectivity index is 2.49. The summed E-state index contributed by atoms with van der Waals surface area (Å²) in [4.78, 5) is 13.0. The summed E-state index contributed by atoms with van der Waals surface area (Å²) in [6.07, 6.45) is 2.40. The van der Waals surface area contributed by atoms with Crippen molar-refractivity contribution in [3.8, 4) is 0 Å². The number of unbranched alkanes of at least 4 members (excludes halogenated alkanes) is 1. The third-order valence-corrected chi connectivity index (χ3v) is 3.44. The Kier molecular flexibility index (Phi) is 6.58. The number of alkyl halides is 1. The number of Topliss-reactive ketones (excluding diaryl/α,β-unsaturated/α-hetero) is 1. The maximum atomic E-state index is 11.7. The first-order chi connectivity index (χ1) is 7.77. The summed E-state index contributed by atoms with van der Waals surface area (Å²) in [6.45, 7) is 2.12. The summed E-state index contributed by atoms with van der Waals surface area (Å²) in [5, 5.41) is 0. The number of rotatable bonds is 7. The quantitative estimate of drug-likeness (QED) is 0.312. The van der Waals surface area contributed by atoms with Gasteiger partial charge in [0.1, 0.15) is 0 Å². The standard InChI is InChI=1S/C13H17ClOS/c1-2-16-12-8-6-11(7-9-12)13(15)5-3-4-10-14/h6-9H,2-5,10H2,1H3. The van der Waals surface area contributed by atoms with Crippen molar-refractivity contribution in [2.45, 2.75) is 31.1 Å². The molecule has 0 aromatic heterocycles. The predicted molar refractivity (Wildman–Crippen MR) is 71.7 cm³/mol. The van der Waals surface area contributed by atoms with E-state index in [0.717, 1.165) is 24.2 Å². The molecule has 0 aliphatic rings. The first-order valence-electron chi connectivity index (χ1n) is 5.60. The third-order valence-electron chi connectivity index (χ3n) is 2.27. The van der Waals surface area contributed by atoms with Crippen LogP contribution in [-0.2, 0) is 0 Å². The van der Waals surface area contributed by atoms with Crippen LogP contribution in [0.15, 0.2) is 29.2 Å². The van der Waals surface area contributed by atoms with Gasteiger partial charge in [-0.2, -0.15) is 0 Å². The van der Waals surface area contributed by atoms with E-state index >= 15 is 0 Å². The lowest BCUT2D eigenvalue weighted by Crippen LogP contribution is -1.98. The molecular formula is C13H17ClOS. The van der Waals surface area contributed by atoms with Gasteiger partial charge in [0.2, 0.25) is 0 Å². The molecule has 1 nitrogen and oxygen atoms in total. The summed E-state index contributed by atoms with van der Waals surface area (Å²) >= 11 is 7.36. The smallest absolute Gasteiger partial charge is 0.162 e. The van der Waals surface area contributed by atoms with Crippen LogP contribution in [0.3, 0.4) is 0 Å². The first kappa shape index (κ1) is 13.6. The van der Waals surface area contributed by atoms with E-state index in [9.17, 15) is 4.79 Å². The monoisotopic (exact) mass is 256 g/mol. The number of hydrogen-bond acceptors (Lipinski definition) is 2. The van der Waals surface area contributed by atoms with Crippen LogP contribution >= 0.6 is 23.4 Å². The van der Waals surface area contributed by atoms with Crippen LogP contribution in [0.4, 0.5) is 0 Å². The number of hydrogen-bond donors (Lipinski definition) is 0. The summed E-state index contributed by atoms with van der Waals surface area (Å²) in [6, 6.07) is 7.87. The minimum Gasteiger partial charge on any atom is -0.294 e. The van der Waals surface area contributed by atoms with Crippen molar-refractivity contribution in [3.63, 3.8) is 0 Å². The first-order valence-corrected chi connectivity index (χ1v) is 7.12. The molecule has 1 aromatic carbocycles. The zero-order chi connectivity index (χ0) is 11.8. The molecule has 0 aliphatic carbocycles. The molecule has 1 rings (SSSR count). The molecule has 0 unspecified atom stereocenters. The molecule has 0 atom stereocenters. The fraction of sp³-hybridized carbons (Fsp3) is 0.462. The lowest BCUT2D eigenvalue weighted by atomic mass is 10.1. The van der Waals surface area contributed by atoms with Crippen molar-refractivity contribution < 1.29 is 4.79 Å². The second-order valence-corrected chi connectivity index (χ2v) is 5.24. The summed E-state index contributed by atoms with van der Waals surface area (Å²) in [5.41, 5.74) is 0.815. The molecule has 0 fully saturated rings. The molecule has 0 spiro atoms. The van der Waals surface area contributed by atoms with Crippen LogP contribution in [0.2, 0.25) is 0 Å². The number of halogens is 1. The van der Waals surface area contributed by atoms with Crippen LogP contribution in [0.5, 0.6) is 0 Å². The molecular weight excluding hydrogens is 240 g/mol. The Morgan fingerprint density at radius 1 is 1.25 bits per heavy atom. The van der Waals surface area contributed by atoms with E-state index in [1.54, 1.807) is 11.8 Å². The van der Waals surface area contributed by atoms with E-state index < -0.39 is 0 Å². The van der Waals surface area contributed by atoms with Gasteiger partial charge >= 0.3 is 0 Å². The fourth-order valence-corrected chi connectivity index (χ4v) is 2.28. The molecule has 3 heteroatoms. The number of benzene rings is 1. The van der Waals surface area contributed by atoms with E-state index in [0.29, 0.717) is 12.3 Å². The van der Waals surface area contributed by atoms with E-state index in [2.05, 4.69) is 6.92 Å². The number of thioether (sulfide) groups is 1. The molecule has 0 heterocycles. The van der Waals surface area contributed by atoms with E-state index in [1.165, 1.54) is 4.90 Å². The average molecular weight is 257 g/mol. The number of carbonyl (C=O) groups is 1. The highest BCUT2D eigenvalue weighted by atomic mass is 35.5. The third kappa shape index (κ3) is 4.58. The normalized spacial score (nSPS) is 10.4. The minimum absolute atomic E-state index is 0.221. The van der Waals surface area contributed by atoms with Gasteiger partial charge in [-0.05, 0) is 30.7 Å². The van der Waals surface area contributed by atoms with Crippen molar-refractivity contribution in [3.05, 3.63) is 29.8 Å². The van der Waals surface area contributed by atoms with Crippen molar-refractivity contribution in [2.75, 3.05) is 11.6 Å². The lowest BCUT2D eigenvalue weighted by Gasteiger charge is -2.02. The largest absolute Gasteiger partial charge is 0.294 e. The van der Waals surface area contributed by atoms with Crippen molar-refractivity contribution in [1.82, 2.24) is 0 Å². The number of ketones is 1. The van der Waals surface area contributed by atoms with Gasteiger partial charge in [-0.25, -0.2) is 0 Å². The van der Waals surface area contributed by atoms with Crippen LogP contribution in [0, 0.1) is 0 Å². The molecule has 16 heavy (non-hydrogen) atoms. The topological polar surface area (TPSA) is 17.1 Å². The maximum absolute atomic E-state index is 11.7. The van der Waals surface area contributed by atoms with E-state index in [4.69, 9.17) is 11.6 Å². The van der Waals surface area contributed by atoms with E-state index in [1.807, 2.05) is 24.3 Å². The molecule has 0 saturated heterocycles. The van der Waals surface area contributed by atoms with Crippen molar-refractivity contribution >= 4 is 29.1 Å². The van der Waals surface area contributed by atoms with Crippen LogP contribution < -0.4 is 0 Å². The fourth-order valence-electron chi connectivity index (χ4n) is 1.43. The highest BCUT2D eigenvalue weighted by Gasteiger charge is 2.05. The van der Waals surface area contributed by atoms with Crippen molar-refractivity contribution in [2.24, 2.45) is 0 Å². The summed E-state index contributed by atoms with van der Waals surface area (Å²) < 4.78 is 0. The van der Waals surface area contributed by atoms with Gasteiger partial charge in [0, 0.05) is 22.8 Å². The molecule has 1 aromatic rings. The van der Waals surface area contributed by atoms with Gasteiger partial charge in [0.05, 0.1) is 0 Å². The maximum Gasteiger partial charge on any atom is 0.162 e. The Hall–Kier alpha value is -0.470. The second kappa shape index (κ2) is 7.75. The SMILES string of the molecule is CCSc1ccc(C(=O)CCCCCl)cc1.